The van der Waals surface area contributed by atoms with Crippen molar-refractivity contribution in [3.63, 3.8) is 0 Å². The van der Waals surface area contributed by atoms with Crippen LogP contribution in [0.15, 0.2) is 70.6 Å². The largest absolute Gasteiger partial charge is 0.506 e. The van der Waals surface area contributed by atoms with Crippen LogP contribution in [0.2, 0.25) is 10.0 Å². The predicted octanol–water partition coefficient (Wildman–Crippen LogP) is 5.91. The second kappa shape index (κ2) is 8.04. The van der Waals surface area contributed by atoms with Gasteiger partial charge in [0.1, 0.15) is 11.5 Å². The van der Waals surface area contributed by atoms with Gasteiger partial charge in [0.05, 0.1) is 21.4 Å². The summed E-state index contributed by atoms with van der Waals surface area (Å²) in [5.41, 5.74) is 2.21. The molecule has 3 rings (SSSR count). The molecule has 3 aromatic carbocycles. The van der Waals surface area contributed by atoms with Crippen LogP contribution in [0.5, 0.6) is 11.5 Å². The van der Waals surface area contributed by atoms with Crippen LogP contribution in [0.3, 0.4) is 0 Å². The first-order chi connectivity index (χ1) is 12.6. The van der Waals surface area contributed by atoms with Crippen LogP contribution in [-0.4, -0.2) is 22.6 Å². The minimum atomic E-state index is -0.0252. The zero-order chi connectivity index (χ0) is 18.5. The van der Waals surface area contributed by atoms with E-state index in [4.69, 9.17) is 23.2 Å². The normalized spacial score (nSPS) is 11.5. The van der Waals surface area contributed by atoms with Crippen molar-refractivity contribution in [2.45, 2.75) is 0 Å². The number of halogens is 2. The van der Waals surface area contributed by atoms with Crippen molar-refractivity contribution in [3.8, 4) is 11.5 Å². The van der Waals surface area contributed by atoms with Gasteiger partial charge in [-0.1, -0.05) is 47.5 Å². The maximum absolute atomic E-state index is 9.96. The van der Waals surface area contributed by atoms with E-state index in [0.717, 1.165) is 0 Å². The smallest absolute Gasteiger partial charge is 0.142 e. The van der Waals surface area contributed by atoms with E-state index in [0.29, 0.717) is 22.5 Å². The molecule has 0 fully saturated rings. The van der Waals surface area contributed by atoms with Crippen LogP contribution < -0.4 is 0 Å². The molecule has 26 heavy (non-hydrogen) atoms. The van der Waals surface area contributed by atoms with Gasteiger partial charge in [-0.05, 0) is 36.4 Å². The molecule has 0 aliphatic heterocycles. The number of aromatic hydroxyl groups is 2. The van der Waals surface area contributed by atoms with Crippen molar-refractivity contribution in [1.29, 1.82) is 0 Å². The van der Waals surface area contributed by atoms with Crippen LogP contribution in [-0.2, 0) is 0 Å². The molecule has 0 heterocycles. The topological polar surface area (TPSA) is 65.2 Å². The molecule has 0 aliphatic rings. The van der Waals surface area contributed by atoms with Gasteiger partial charge in [0.25, 0.3) is 0 Å². The fourth-order valence-electron chi connectivity index (χ4n) is 2.23. The molecule has 0 saturated heterocycles. The first-order valence-electron chi connectivity index (χ1n) is 7.68. The minimum absolute atomic E-state index is 0.0252. The molecule has 0 amide bonds. The van der Waals surface area contributed by atoms with Crippen molar-refractivity contribution >= 4 is 47.0 Å². The Balaban J connectivity index is 1.91. The Morgan fingerprint density at radius 2 is 1.04 bits per heavy atom. The van der Waals surface area contributed by atoms with Gasteiger partial charge in [-0.25, -0.2) is 0 Å². The molecule has 6 heteroatoms. The monoisotopic (exact) mass is 384 g/mol. The lowest BCUT2D eigenvalue weighted by Gasteiger charge is -2.03. The second-order valence-electron chi connectivity index (χ2n) is 5.36. The number of rotatable bonds is 4. The van der Waals surface area contributed by atoms with E-state index >= 15 is 0 Å². The van der Waals surface area contributed by atoms with Gasteiger partial charge in [0.2, 0.25) is 0 Å². The molecule has 0 radical (unpaired) electrons. The summed E-state index contributed by atoms with van der Waals surface area (Å²) in [5, 5.41) is 20.4. The Morgan fingerprint density at radius 3 is 1.46 bits per heavy atom. The van der Waals surface area contributed by atoms with Crippen molar-refractivity contribution in [2.24, 2.45) is 9.98 Å². The van der Waals surface area contributed by atoms with E-state index < -0.39 is 0 Å². The average molecular weight is 385 g/mol. The van der Waals surface area contributed by atoms with Crippen molar-refractivity contribution in [1.82, 2.24) is 0 Å². The Bertz CT molecular complexity index is 920. The molecule has 0 atom stereocenters. The Kier molecular flexibility index (Phi) is 5.56. The molecular weight excluding hydrogens is 371 g/mol. The maximum Gasteiger partial charge on any atom is 0.142 e. The summed E-state index contributed by atoms with van der Waals surface area (Å²) in [6.45, 7) is 0. The van der Waals surface area contributed by atoms with Crippen molar-refractivity contribution in [2.75, 3.05) is 0 Å². The predicted molar refractivity (Wildman–Crippen MR) is 107 cm³/mol. The first-order valence-corrected chi connectivity index (χ1v) is 8.44. The molecule has 0 spiro atoms. The third kappa shape index (κ3) is 4.04. The average Bonchev–Trinajstić information content (AvgIpc) is 2.65. The van der Waals surface area contributed by atoms with Gasteiger partial charge >= 0.3 is 0 Å². The number of phenolic OH excluding ortho intramolecular Hbond substituents is 2. The van der Waals surface area contributed by atoms with E-state index in [2.05, 4.69) is 9.98 Å². The van der Waals surface area contributed by atoms with Crippen LogP contribution in [0.4, 0.5) is 11.4 Å². The van der Waals surface area contributed by atoms with E-state index in [1.807, 2.05) is 12.1 Å². The molecule has 130 valence electrons. The summed E-state index contributed by atoms with van der Waals surface area (Å²) in [4.78, 5) is 8.77. The zero-order valence-corrected chi connectivity index (χ0v) is 15.0. The van der Waals surface area contributed by atoms with Crippen molar-refractivity contribution < 1.29 is 10.2 Å². The molecule has 3 aromatic rings. The molecule has 4 nitrogen and oxygen atoms in total. The number of hydrogen-bond donors (Lipinski definition) is 2. The number of aliphatic imine (C=N–C) groups is 2. The van der Waals surface area contributed by atoms with E-state index in [9.17, 15) is 10.2 Å². The van der Waals surface area contributed by atoms with E-state index in [1.54, 1.807) is 48.5 Å². The number of hydrogen-bond acceptors (Lipinski definition) is 4. The summed E-state index contributed by atoms with van der Waals surface area (Å²) in [7, 11) is 0. The summed E-state index contributed by atoms with van der Waals surface area (Å²) >= 11 is 11.8. The van der Waals surface area contributed by atoms with Gasteiger partial charge in [-0.2, -0.15) is 0 Å². The molecule has 0 aliphatic carbocycles. The molecular formula is C20H14Cl2N2O2. The lowest BCUT2D eigenvalue weighted by molar-refractivity contribution is 0.474. The Labute approximate surface area is 160 Å². The fraction of sp³-hybridized carbons (Fsp3) is 0. The fourth-order valence-corrected chi connectivity index (χ4v) is 2.60. The van der Waals surface area contributed by atoms with Gasteiger partial charge < -0.3 is 10.2 Å². The van der Waals surface area contributed by atoms with Gasteiger partial charge in [-0.15, -0.1) is 0 Å². The standard InChI is InChI=1S/C20H14Cl2N2O2/c21-15-7-3-5-13(19(15)25)11-23-17-9-1-2-10-18(17)24-12-14-6-4-8-16(22)20(14)26/h1-12,25-26H. The van der Waals surface area contributed by atoms with Gasteiger partial charge in [0, 0.05) is 23.6 Å². The van der Waals surface area contributed by atoms with Gasteiger partial charge in [-0.3, -0.25) is 9.98 Å². The lowest BCUT2D eigenvalue weighted by Crippen LogP contribution is -1.84. The number of phenols is 2. The van der Waals surface area contributed by atoms with Crippen LogP contribution >= 0.6 is 23.2 Å². The lowest BCUT2D eigenvalue weighted by atomic mass is 10.2. The second-order valence-corrected chi connectivity index (χ2v) is 6.17. The maximum atomic E-state index is 9.96. The summed E-state index contributed by atoms with van der Waals surface area (Å²) in [5.74, 6) is -0.0505. The number of para-hydroxylation sites is 4. The van der Waals surface area contributed by atoms with Crippen molar-refractivity contribution in [3.05, 3.63) is 81.8 Å². The molecule has 2 N–H and O–H groups in total. The van der Waals surface area contributed by atoms with Crippen LogP contribution in [0.1, 0.15) is 11.1 Å². The zero-order valence-electron chi connectivity index (χ0n) is 13.5. The number of nitrogens with zero attached hydrogens (tertiary/aromatic N) is 2. The summed E-state index contributed by atoms with van der Waals surface area (Å²) in [6, 6.07) is 17.3. The summed E-state index contributed by atoms with van der Waals surface area (Å²) < 4.78 is 0. The van der Waals surface area contributed by atoms with Gasteiger partial charge in [0.15, 0.2) is 0 Å². The highest BCUT2D eigenvalue weighted by molar-refractivity contribution is 6.32. The molecule has 0 unspecified atom stereocenters. The first kappa shape index (κ1) is 18.0. The SMILES string of the molecule is Oc1c(Cl)cccc1C=Nc1ccccc1N=Cc1cccc(Cl)c1O. The third-order valence-electron chi connectivity index (χ3n) is 3.60. The van der Waals surface area contributed by atoms with Crippen LogP contribution in [0.25, 0.3) is 0 Å². The Morgan fingerprint density at radius 1 is 0.615 bits per heavy atom. The third-order valence-corrected chi connectivity index (χ3v) is 4.21. The highest BCUT2D eigenvalue weighted by Gasteiger charge is 2.05. The highest BCUT2D eigenvalue weighted by Crippen LogP contribution is 2.31. The van der Waals surface area contributed by atoms with Crippen LogP contribution in [0, 0.1) is 0 Å². The Hall–Kier alpha value is -2.82. The minimum Gasteiger partial charge on any atom is -0.506 e. The highest BCUT2D eigenvalue weighted by atomic mass is 35.5. The quantitative estimate of drug-likeness (QED) is 0.549. The summed E-state index contributed by atoms with van der Waals surface area (Å²) in [6.07, 6.45) is 3.04. The molecule has 0 aromatic heterocycles. The number of benzene rings is 3. The molecule has 0 bridgehead atoms. The van der Waals surface area contributed by atoms with E-state index in [1.165, 1.54) is 12.4 Å². The molecule has 0 saturated carbocycles. The van der Waals surface area contributed by atoms with E-state index in [-0.39, 0.29) is 21.5 Å².